The maximum Gasteiger partial charge on any atom is 0.254 e. The summed E-state index contributed by atoms with van der Waals surface area (Å²) in [6.07, 6.45) is 3.40. The van der Waals surface area contributed by atoms with Gasteiger partial charge in [-0.1, -0.05) is 11.6 Å². The Bertz CT molecular complexity index is 432. The summed E-state index contributed by atoms with van der Waals surface area (Å²) in [6, 6.07) is 3.72. The molecule has 0 unspecified atom stereocenters. The highest BCUT2D eigenvalue weighted by molar-refractivity contribution is 6.29. The molecule has 4 nitrogen and oxygen atoms in total. The van der Waals surface area contributed by atoms with Crippen molar-refractivity contribution >= 4 is 23.3 Å². The van der Waals surface area contributed by atoms with Crippen molar-refractivity contribution in [3.05, 3.63) is 22.8 Å². The second kappa shape index (κ2) is 4.92. The average Bonchev–Trinajstić information content (AvgIpc) is 2.24. The number of pyridine rings is 1. The van der Waals surface area contributed by atoms with Crippen molar-refractivity contribution in [3.8, 4) is 0 Å². The van der Waals surface area contributed by atoms with Crippen LogP contribution < -0.4 is 5.32 Å². The van der Waals surface area contributed by atoms with Crippen molar-refractivity contribution < 1.29 is 4.79 Å². The van der Waals surface area contributed by atoms with Crippen molar-refractivity contribution in [2.24, 2.45) is 0 Å². The quantitative estimate of drug-likeness (QED) is 0.842. The van der Waals surface area contributed by atoms with Gasteiger partial charge in [0, 0.05) is 25.7 Å². The third-order valence-corrected chi connectivity index (χ3v) is 3.43. The summed E-state index contributed by atoms with van der Waals surface area (Å²) in [5, 5.41) is 3.23. The second-order valence-electron chi connectivity index (χ2n) is 4.31. The first kappa shape index (κ1) is 12.2. The van der Waals surface area contributed by atoms with Gasteiger partial charge in [0.25, 0.3) is 5.91 Å². The highest BCUT2D eigenvalue weighted by Gasteiger charge is 2.26. The molecular formula is C12H16ClN3O. The van der Waals surface area contributed by atoms with Gasteiger partial charge in [-0.2, -0.15) is 0 Å². The summed E-state index contributed by atoms with van der Waals surface area (Å²) in [5.41, 5.74) is 0.587. The van der Waals surface area contributed by atoms with Crippen LogP contribution in [0.25, 0.3) is 0 Å². The molecule has 0 aromatic carbocycles. The van der Waals surface area contributed by atoms with Crippen molar-refractivity contribution in [1.82, 2.24) is 9.88 Å². The van der Waals surface area contributed by atoms with Crippen LogP contribution in [0.5, 0.6) is 0 Å². The maximum atomic E-state index is 12.2. The molecular weight excluding hydrogens is 238 g/mol. The molecule has 1 aromatic rings. The normalized spacial score (nSPS) is 15.2. The first-order chi connectivity index (χ1) is 8.11. The number of aromatic nitrogens is 1. The van der Waals surface area contributed by atoms with E-state index in [2.05, 4.69) is 10.3 Å². The third-order valence-electron chi connectivity index (χ3n) is 3.24. The molecule has 1 fully saturated rings. The number of rotatable bonds is 3. The zero-order chi connectivity index (χ0) is 12.4. The van der Waals surface area contributed by atoms with Gasteiger partial charge in [-0.15, -0.1) is 0 Å². The van der Waals surface area contributed by atoms with Gasteiger partial charge in [0.2, 0.25) is 0 Å². The fourth-order valence-corrected chi connectivity index (χ4v) is 2.10. The Morgan fingerprint density at radius 1 is 1.53 bits per heavy atom. The van der Waals surface area contributed by atoms with E-state index in [9.17, 15) is 4.79 Å². The van der Waals surface area contributed by atoms with E-state index in [1.807, 2.05) is 7.05 Å². The molecule has 0 aliphatic heterocycles. The van der Waals surface area contributed by atoms with Gasteiger partial charge < -0.3 is 10.2 Å². The van der Waals surface area contributed by atoms with E-state index < -0.39 is 0 Å². The smallest absolute Gasteiger partial charge is 0.254 e. The molecule has 0 saturated heterocycles. The van der Waals surface area contributed by atoms with Crippen LogP contribution in [0.3, 0.4) is 0 Å². The lowest BCUT2D eigenvalue weighted by atomic mass is 9.91. The predicted molar refractivity (Wildman–Crippen MR) is 68.5 cm³/mol. The predicted octanol–water partition coefficient (Wildman–Crippen LogP) is 2.40. The van der Waals surface area contributed by atoms with E-state index in [1.54, 1.807) is 24.1 Å². The molecule has 1 aliphatic rings. The van der Waals surface area contributed by atoms with Crippen LogP contribution >= 0.6 is 11.6 Å². The van der Waals surface area contributed by atoms with Crippen LogP contribution in [0, 0.1) is 0 Å². The topological polar surface area (TPSA) is 45.2 Å². The monoisotopic (exact) mass is 253 g/mol. The van der Waals surface area contributed by atoms with E-state index in [0.29, 0.717) is 22.6 Å². The van der Waals surface area contributed by atoms with E-state index >= 15 is 0 Å². The Hall–Kier alpha value is -1.29. The number of halogens is 1. The molecule has 2 rings (SSSR count). The lowest BCUT2D eigenvalue weighted by Crippen LogP contribution is -2.41. The minimum atomic E-state index is 0.00972. The van der Waals surface area contributed by atoms with Crippen LogP contribution in [0.1, 0.15) is 29.6 Å². The van der Waals surface area contributed by atoms with E-state index in [0.717, 1.165) is 12.8 Å². The number of hydrogen-bond donors (Lipinski definition) is 1. The molecule has 1 aliphatic carbocycles. The zero-order valence-corrected chi connectivity index (χ0v) is 10.8. The van der Waals surface area contributed by atoms with Crippen molar-refractivity contribution in [3.63, 3.8) is 0 Å². The van der Waals surface area contributed by atoms with E-state index in [1.165, 1.54) is 6.42 Å². The number of amides is 1. The molecule has 0 atom stereocenters. The van der Waals surface area contributed by atoms with Gasteiger partial charge in [-0.05, 0) is 31.4 Å². The largest absolute Gasteiger partial charge is 0.373 e. The molecule has 1 amide bonds. The molecule has 5 heteroatoms. The van der Waals surface area contributed by atoms with Crippen molar-refractivity contribution in [1.29, 1.82) is 0 Å². The van der Waals surface area contributed by atoms with Gasteiger partial charge in [-0.25, -0.2) is 4.98 Å². The Morgan fingerprint density at radius 3 is 2.76 bits per heavy atom. The minimum absolute atomic E-state index is 0.00972. The number of carbonyl (C=O) groups excluding carboxylic acids is 1. The Labute approximate surface area is 106 Å². The molecule has 0 spiro atoms. The fraction of sp³-hybridized carbons (Fsp3) is 0.500. The number of nitrogens with zero attached hydrogens (tertiary/aromatic N) is 2. The molecule has 92 valence electrons. The van der Waals surface area contributed by atoms with Crippen LogP contribution in [0.2, 0.25) is 5.15 Å². The summed E-state index contributed by atoms with van der Waals surface area (Å²) in [4.78, 5) is 18.1. The molecule has 17 heavy (non-hydrogen) atoms. The first-order valence-electron chi connectivity index (χ1n) is 5.74. The standard InChI is InChI=1S/C12H16ClN3O/c1-14-11-7-8(6-10(13)15-11)12(17)16(2)9-4-3-5-9/h6-7,9H,3-5H2,1-2H3,(H,14,15). The van der Waals surface area contributed by atoms with Gasteiger partial charge >= 0.3 is 0 Å². The SMILES string of the molecule is CNc1cc(C(=O)N(C)C2CCC2)cc(Cl)n1. The minimum Gasteiger partial charge on any atom is -0.373 e. The van der Waals surface area contributed by atoms with Gasteiger partial charge in [0.15, 0.2) is 0 Å². The van der Waals surface area contributed by atoms with Crippen LogP contribution in [0.4, 0.5) is 5.82 Å². The zero-order valence-electron chi connectivity index (χ0n) is 10.0. The number of anilines is 1. The maximum absolute atomic E-state index is 12.2. The van der Waals surface area contributed by atoms with Gasteiger partial charge in [0.1, 0.15) is 11.0 Å². The Balaban J connectivity index is 2.20. The molecule has 0 radical (unpaired) electrons. The molecule has 1 heterocycles. The van der Waals surface area contributed by atoms with Crippen molar-refractivity contribution in [2.75, 3.05) is 19.4 Å². The molecule has 1 N–H and O–H groups in total. The third kappa shape index (κ3) is 2.52. The van der Waals surface area contributed by atoms with Gasteiger partial charge in [0.05, 0.1) is 0 Å². The van der Waals surface area contributed by atoms with Crippen LogP contribution in [-0.4, -0.2) is 35.9 Å². The van der Waals surface area contributed by atoms with Gasteiger partial charge in [-0.3, -0.25) is 4.79 Å². The first-order valence-corrected chi connectivity index (χ1v) is 6.12. The van der Waals surface area contributed by atoms with Crippen LogP contribution in [0.15, 0.2) is 12.1 Å². The summed E-state index contributed by atoms with van der Waals surface area (Å²) >= 11 is 5.88. The highest BCUT2D eigenvalue weighted by Crippen LogP contribution is 2.25. The molecule has 1 saturated carbocycles. The Kier molecular flexibility index (Phi) is 3.52. The molecule has 1 aromatic heterocycles. The number of hydrogen-bond acceptors (Lipinski definition) is 3. The van der Waals surface area contributed by atoms with E-state index in [4.69, 9.17) is 11.6 Å². The average molecular weight is 254 g/mol. The van der Waals surface area contributed by atoms with Crippen molar-refractivity contribution in [2.45, 2.75) is 25.3 Å². The lowest BCUT2D eigenvalue weighted by molar-refractivity contribution is 0.0652. The van der Waals surface area contributed by atoms with Crippen LogP contribution in [-0.2, 0) is 0 Å². The summed E-state index contributed by atoms with van der Waals surface area (Å²) in [5.74, 6) is 0.623. The summed E-state index contributed by atoms with van der Waals surface area (Å²) in [7, 11) is 3.60. The lowest BCUT2D eigenvalue weighted by Gasteiger charge is -2.34. The number of nitrogens with one attached hydrogen (secondary N) is 1. The summed E-state index contributed by atoms with van der Waals surface area (Å²) < 4.78 is 0. The fourth-order valence-electron chi connectivity index (χ4n) is 1.89. The summed E-state index contributed by atoms with van der Waals surface area (Å²) in [6.45, 7) is 0. The number of carbonyl (C=O) groups is 1. The highest BCUT2D eigenvalue weighted by atomic mass is 35.5. The molecule has 0 bridgehead atoms. The second-order valence-corrected chi connectivity index (χ2v) is 4.70. The Morgan fingerprint density at radius 2 is 2.24 bits per heavy atom. The van der Waals surface area contributed by atoms with E-state index in [-0.39, 0.29) is 5.91 Å².